The Labute approximate surface area is 188 Å². The molecule has 1 aromatic heterocycles. The van der Waals surface area contributed by atoms with Gasteiger partial charge in [0.1, 0.15) is 0 Å². The first-order chi connectivity index (χ1) is 15.7. The van der Waals surface area contributed by atoms with Crippen LogP contribution in [-0.2, 0) is 24.2 Å². The van der Waals surface area contributed by atoms with E-state index in [0.29, 0.717) is 31.0 Å². The molecule has 5 heteroatoms. The Hall–Kier alpha value is -3.73. The number of ether oxygens (including phenoxy) is 2. The molecule has 0 aliphatic rings. The fourth-order valence-electron chi connectivity index (χ4n) is 3.97. The predicted molar refractivity (Wildman–Crippen MR) is 127 cm³/mol. The van der Waals surface area contributed by atoms with Gasteiger partial charge in [-0.15, -0.1) is 0 Å². The van der Waals surface area contributed by atoms with Crippen molar-refractivity contribution in [2.45, 2.75) is 19.4 Å². The standard InChI is InChI=1S/C27H28N2O3/c1-31-25-13-12-21(16-26(25)32-2)17-27(30)29(19-20-8-4-3-5-9-20)15-14-22-18-28-24-11-7-6-10-23(22)24/h3-13,16,18,28H,14-15,17,19H2,1-2H3. The highest BCUT2D eigenvalue weighted by Gasteiger charge is 2.17. The molecule has 4 rings (SSSR count). The van der Waals surface area contributed by atoms with Gasteiger partial charge in [-0.25, -0.2) is 0 Å². The minimum Gasteiger partial charge on any atom is -0.493 e. The normalized spacial score (nSPS) is 10.8. The molecule has 0 fully saturated rings. The number of hydrogen-bond acceptors (Lipinski definition) is 3. The molecule has 3 aromatic carbocycles. The molecule has 0 atom stereocenters. The molecule has 0 aliphatic carbocycles. The molecule has 0 unspecified atom stereocenters. The number of nitrogens with zero attached hydrogens (tertiary/aromatic N) is 1. The van der Waals surface area contributed by atoms with E-state index in [2.05, 4.69) is 29.2 Å². The number of rotatable bonds is 9. The van der Waals surface area contributed by atoms with Crippen molar-refractivity contribution in [2.75, 3.05) is 20.8 Å². The van der Waals surface area contributed by atoms with Crippen LogP contribution in [0.5, 0.6) is 11.5 Å². The molecule has 0 saturated carbocycles. The fourth-order valence-corrected chi connectivity index (χ4v) is 3.97. The summed E-state index contributed by atoms with van der Waals surface area (Å²) in [5.74, 6) is 1.37. The van der Waals surface area contributed by atoms with Crippen LogP contribution in [0.25, 0.3) is 10.9 Å². The van der Waals surface area contributed by atoms with Crippen molar-refractivity contribution >= 4 is 16.8 Å². The smallest absolute Gasteiger partial charge is 0.227 e. The van der Waals surface area contributed by atoms with Gasteiger partial charge in [0.15, 0.2) is 11.5 Å². The number of hydrogen-bond donors (Lipinski definition) is 1. The summed E-state index contributed by atoms with van der Waals surface area (Å²) in [6.45, 7) is 1.22. The van der Waals surface area contributed by atoms with Crippen LogP contribution in [-0.4, -0.2) is 36.6 Å². The van der Waals surface area contributed by atoms with Gasteiger partial charge in [-0.05, 0) is 41.3 Å². The maximum Gasteiger partial charge on any atom is 0.227 e. The van der Waals surface area contributed by atoms with Crippen LogP contribution in [0.4, 0.5) is 0 Å². The monoisotopic (exact) mass is 428 g/mol. The second-order valence-electron chi connectivity index (χ2n) is 7.78. The van der Waals surface area contributed by atoms with Gasteiger partial charge in [0.25, 0.3) is 0 Å². The first-order valence-electron chi connectivity index (χ1n) is 10.8. The Morgan fingerprint density at radius 2 is 1.62 bits per heavy atom. The topological polar surface area (TPSA) is 54.6 Å². The van der Waals surface area contributed by atoms with Crippen LogP contribution in [0.1, 0.15) is 16.7 Å². The summed E-state index contributed by atoms with van der Waals surface area (Å²) in [6.07, 6.45) is 3.14. The van der Waals surface area contributed by atoms with Crippen molar-refractivity contribution in [3.8, 4) is 11.5 Å². The molecule has 4 aromatic rings. The first kappa shape index (κ1) is 21.5. The summed E-state index contributed by atoms with van der Waals surface area (Å²) in [5, 5.41) is 1.21. The van der Waals surface area contributed by atoms with Crippen molar-refractivity contribution < 1.29 is 14.3 Å². The lowest BCUT2D eigenvalue weighted by Crippen LogP contribution is -2.33. The lowest BCUT2D eigenvalue weighted by atomic mass is 10.1. The molecular formula is C27H28N2O3. The van der Waals surface area contributed by atoms with E-state index >= 15 is 0 Å². The number of nitrogens with one attached hydrogen (secondary N) is 1. The molecule has 0 spiro atoms. The minimum absolute atomic E-state index is 0.0842. The van der Waals surface area contributed by atoms with E-state index in [1.54, 1.807) is 14.2 Å². The van der Waals surface area contributed by atoms with Crippen LogP contribution >= 0.6 is 0 Å². The fraction of sp³-hybridized carbons (Fsp3) is 0.222. The van der Waals surface area contributed by atoms with Crippen LogP contribution in [0.15, 0.2) is 79.0 Å². The number of amides is 1. The number of para-hydroxylation sites is 1. The van der Waals surface area contributed by atoms with Crippen LogP contribution in [0, 0.1) is 0 Å². The molecule has 1 amide bonds. The SMILES string of the molecule is COc1ccc(CC(=O)N(CCc2c[nH]c3ccccc23)Cc2ccccc2)cc1OC. The Morgan fingerprint density at radius 1 is 0.875 bits per heavy atom. The first-order valence-corrected chi connectivity index (χ1v) is 10.8. The maximum atomic E-state index is 13.3. The average Bonchev–Trinajstić information content (AvgIpc) is 3.25. The highest BCUT2D eigenvalue weighted by atomic mass is 16.5. The minimum atomic E-state index is 0.0842. The summed E-state index contributed by atoms with van der Waals surface area (Å²) in [7, 11) is 3.21. The van der Waals surface area contributed by atoms with Gasteiger partial charge in [-0.2, -0.15) is 0 Å². The Bertz CT molecular complexity index is 1180. The number of methoxy groups -OCH3 is 2. The van der Waals surface area contributed by atoms with E-state index in [-0.39, 0.29) is 5.91 Å². The lowest BCUT2D eigenvalue weighted by Gasteiger charge is -2.23. The summed E-state index contributed by atoms with van der Waals surface area (Å²) in [4.78, 5) is 18.6. The molecule has 0 bridgehead atoms. The molecule has 0 aliphatic heterocycles. The molecule has 1 N–H and O–H groups in total. The van der Waals surface area contributed by atoms with Gasteiger partial charge in [-0.1, -0.05) is 54.6 Å². The van der Waals surface area contributed by atoms with Crippen LogP contribution < -0.4 is 9.47 Å². The van der Waals surface area contributed by atoms with Gasteiger partial charge < -0.3 is 19.4 Å². The largest absolute Gasteiger partial charge is 0.493 e. The number of aromatic amines is 1. The number of aromatic nitrogens is 1. The van der Waals surface area contributed by atoms with Crippen molar-refractivity contribution in [1.29, 1.82) is 0 Å². The summed E-state index contributed by atoms with van der Waals surface area (Å²) < 4.78 is 10.7. The van der Waals surface area contributed by atoms with Crippen molar-refractivity contribution in [1.82, 2.24) is 9.88 Å². The third-order valence-electron chi connectivity index (χ3n) is 5.70. The number of carbonyl (C=O) groups excluding carboxylic acids is 1. The Morgan fingerprint density at radius 3 is 2.41 bits per heavy atom. The zero-order valence-electron chi connectivity index (χ0n) is 18.5. The quantitative estimate of drug-likeness (QED) is 0.408. The van der Waals surface area contributed by atoms with E-state index in [4.69, 9.17) is 9.47 Å². The van der Waals surface area contributed by atoms with Crippen molar-refractivity contribution in [3.05, 3.63) is 95.7 Å². The zero-order valence-corrected chi connectivity index (χ0v) is 18.5. The van der Waals surface area contributed by atoms with E-state index in [9.17, 15) is 4.79 Å². The van der Waals surface area contributed by atoms with Gasteiger partial charge in [-0.3, -0.25) is 4.79 Å². The molecule has 5 nitrogen and oxygen atoms in total. The van der Waals surface area contributed by atoms with E-state index < -0.39 is 0 Å². The zero-order chi connectivity index (χ0) is 22.3. The van der Waals surface area contributed by atoms with Crippen molar-refractivity contribution in [3.63, 3.8) is 0 Å². The summed E-state index contributed by atoms with van der Waals surface area (Å²) in [5.41, 5.74) is 4.36. The van der Waals surface area contributed by atoms with Crippen LogP contribution in [0.3, 0.4) is 0 Å². The second-order valence-corrected chi connectivity index (χ2v) is 7.78. The Kier molecular flexibility index (Phi) is 6.75. The highest BCUT2D eigenvalue weighted by molar-refractivity contribution is 5.83. The molecule has 1 heterocycles. The predicted octanol–water partition coefficient (Wildman–Crippen LogP) is 5.00. The molecule has 0 radical (unpaired) electrons. The van der Waals surface area contributed by atoms with E-state index in [0.717, 1.165) is 23.1 Å². The van der Waals surface area contributed by atoms with Gasteiger partial charge >= 0.3 is 0 Å². The van der Waals surface area contributed by atoms with E-state index in [1.165, 1.54) is 10.9 Å². The van der Waals surface area contributed by atoms with E-state index in [1.807, 2.05) is 59.6 Å². The third kappa shape index (κ3) is 4.94. The maximum absolute atomic E-state index is 13.3. The van der Waals surface area contributed by atoms with Crippen LogP contribution in [0.2, 0.25) is 0 Å². The second kappa shape index (κ2) is 10.1. The van der Waals surface area contributed by atoms with Gasteiger partial charge in [0, 0.05) is 30.2 Å². The molecule has 0 saturated heterocycles. The molecule has 164 valence electrons. The average molecular weight is 429 g/mol. The van der Waals surface area contributed by atoms with Gasteiger partial charge in [0.05, 0.1) is 20.6 Å². The summed E-state index contributed by atoms with van der Waals surface area (Å²) >= 11 is 0. The van der Waals surface area contributed by atoms with Gasteiger partial charge in [0.2, 0.25) is 5.91 Å². The number of H-pyrrole nitrogens is 1. The highest BCUT2D eigenvalue weighted by Crippen LogP contribution is 2.28. The lowest BCUT2D eigenvalue weighted by molar-refractivity contribution is -0.131. The molecule has 32 heavy (non-hydrogen) atoms. The number of fused-ring (bicyclic) bond motifs is 1. The third-order valence-corrected chi connectivity index (χ3v) is 5.70. The number of carbonyl (C=O) groups is 1. The molecular weight excluding hydrogens is 400 g/mol. The number of benzene rings is 3. The Balaban J connectivity index is 1.52. The summed E-state index contributed by atoms with van der Waals surface area (Å²) in [6, 6.07) is 24.0. The van der Waals surface area contributed by atoms with Crippen molar-refractivity contribution in [2.24, 2.45) is 0 Å².